The van der Waals surface area contributed by atoms with E-state index in [2.05, 4.69) is 12.1 Å². The van der Waals surface area contributed by atoms with E-state index in [1.807, 2.05) is 36.4 Å². The first-order valence-electron chi connectivity index (χ1n) is 6.01. The molecule has 1 heterocycles. The lowest BCUT2D eigenvalue weighted by molar-refractivity contribution is 0.180. The van der Waals surface area contributed by atoms with Gasteiger partial charge < -0.3 is 9.52 Å². The van der Waals surface area contributed by atoms with Crippen LogP contribution in [0.25, 0.3) is 10.8 Å². The first kappa shape index (κ1) is 11.1. The summed E-state index contributed by atoms with van der Waals surface area (Å²) in [5.41, 5.74) is 1.98. The van der Waals surface area contributed by atoms with Crippen molar-refractivity contribution >= 4 is 10.8 Å². The minimum atomic E-state index is -0.506. The maximum absolute atomic E-state index is 10.3. The first-order chi connectivity index (χ1) is 8.84. The van der Waals surface area contributed by atoms with Gasteiger partial charge in [-0.25, -0.2) is 0 Å². The van der Waals surface area contributed by atoms with E-state index in [1.165, 1.54) is 0 Å². The smallest absolute Gasteiger partial charge is 0.0935 e. The molecule has 1 aromatic heterocycles. The zero-order valence-electron chi connectivity index (χ0n) is 9.91. The Kier molecular flexibility index (Phi) is 2.87. The average Bonchev–Trinajstić information content (AvgIpc) is 2.91. The molecule has 0 aliphatic rings. The van der Waals surface area contributed by atoms with E-state index in [1.54, 1.807) is 12.5 Å². The minimum Gasteiger partial charge on any atom is -0.472 e. The molecule has 3 rings (SSSR count). The van der Waals surface area contributed by atoms with Crippen LogP contribution in [0.15, 0.2) is 65.5 Å². The predicted molar refractivity (Wildman–Crippen MR) is 71.3 cm³/mol. The minimum absolute atomic E-state index is 0.506. The Hall–Kier alpha value is -2.06. The van der Waals surface area contributed by atoms with Gasteiger partial charge in [-0.3, -0.25) is 0 Å². The molecule has 1 N–H and O–H groups in total. The molecule has 0 bridgehead atoms. The molecule has 0 aliphatic carbocycles. The standard InChI is InChI=1S/C16H14O2/c17-16(10-12-8-9-18-11-12)15-7-3-5-13-4-1-2-6-14(13)15/h1-9,11,16-17H,10H2. The van der Waals surface area contributed by atoms with Crippen LogP contribution < -0.4 is 0 Å². The van der Waals surface area contributed by atoms with Gasteiger partial charge in [0.1, 0.15) is 0 Å². The molecular formula is C16H14O2. The van der Waals surface area contributed by atoms with Crippen molar-refractivity contribution in [3.8, 4) is 0 Å². The molecule has 0 radical (unpaired) electrons. The van der Waals surface area contributed by atoms with Gasteiger partial charge in [0.2, 0.25) is 0 Å². The van der Waals surface area contributed by atoms with Gasteiger partial charge in [0, 0.05) is 6.42 Å². The number of hydrogen-bond acceptors (Lipinski definition) is 2. The van der Waals surface area contributed by atoms with Gasteiger partial charge in [0.25, 0.3) is 0 Å². The number of furan rings is 1. The van der Waals surface area contributed by atoms with Crippen LogP contribution in [-0.2, 0) is 6.42 Å². The Bertz CT molecular complexity index is 636. The molecule has 0 spiro atoms. The number of hydrogen-bond donors (Lipinski definition) is 1. The van der Waals surface area contributed by atoms with E-state index in [0.717, 1.165) is 21.9 Å². The van der Waals surface area contributed by atoms with Gasteiger partial charge in [-0.15, -0.1) is 0 Å². The number of rotatable bonds is 3. The Morgan fingerprint density at radius 3 is 2.67 bits per heavy atom. The van der Waals surface area contributed by atoms with Crippen molar-refractivity contribution in [3.63, 3.8) is 0 Å². The molecule has 1 unspecified atom stereocenters. The summed E-state index contributed by atoms with van der Waals surface area (Å²) >= 11 is 0. The second-order valence-corrected chi connectivity index (χ2v) is 4.42. The lowest BCUT2D eigenvalue weighted by Crippen LogP contribution is -2.01. The molecule has 0 fully saturated rings. The zero-order valence-corrected chi connectivity index (χ0v) is 9.91. The largest absolute Gasteiger partial charge is 0.472 e. The quantitative estimate of drug-likeness (QED) is 0.754. The second-order valence-electron chi connectivity index (χ2n) is 4.42. The summed E-state index contributed by atoms with van der Waals surface area (Å²) < 4.78 is 5.03. The monoisotopic (exact) mass is 238 g/mol. The summed E-state index contributed by atoms with van der Waals surface area (Å²) in [5, 5.41) is 12.6. The third-order valence-electron chi connectivity index (χ3n) is 3.19. The fraction of sp³-hybridized carbons (Fsp3) is 0.125. The van der Waals surface area contributed by atoms with Crippen LogP contribution >= 0.6 is 0 Å². The molecule has 18 heavy (non-hydrogen) atoms. The highest BCUT2D eigenvalue weighted by atomic mass is 16.3. The van der Waals surface area contributed by atoms with Gasteiger partial charge in [-0.05, 0) is 28.0 Å². The number of fused-ring (bicyclic) bond motifs is 1. The summed E-state index contributed by atoms with van der Waals surface area (Å²) in [7, 11) is 0. The van der Waals surface area contributed by atoms with Crippen molar-refractivity contribution in [2.24, 2.45) is 0 Å². The predicted octanol–water partition coefficient (Wildman–Crippen LogP) is 3.71. The normalized spacial score (nSPS) is 12.7. The van der Waals surface area contributed by atoms with Crippen molar-refractivity contribution in [2.45, 2.75) is 12.5 Å². The SMILES string of the molecule is OC(Cc1ccoc1)c1cccc2ccccc12. The van der Waals surface area contributed by atoms with E-state index < -0.39 is 6.10 Å². The highest BCUT2D eigenvalue weighted by Crippen LogP contribution is 2.26. The van der Waals surface area contributed by atoms with Crippen molar-refractivity contribution in [2.75, 3.05) is 0 Å². The molecule has 0 aliphatic heterocycles. The van der Waals surface area contributed by atoms with Crippen molar-refractivity contribution in [1.29, 1.82) is 0 Å². The second kappa shape index (κ2) is 4.67. The Balaban J connectivity index is 1.98. The van der Waals surface area contributed by atoms with Gasteiger partial charge in [-0.2, -0.15) is 0 Å². The van der Waals surface area contributed by atoms with Crippen LogP contribution in [-0.4, -0.2) is 5.11 Å². The van der Waals surface area contributed by atoms with Gasteiger partial charge in [-0.1, -0.05) is 42.5 Å². The van der Waals surface area contributed by atoms with E-state index in [4.69, 9.17) is 4.42 Å². The van der Waals surface area contributed by atoms with E-state index >= 15 is 0 Å². The number of aliphatic hydroxyl groups excluding tert-OH is 1. The van der Waals surface area contributed by atoms with Crippen LogP contribution in [0.2, 0.25) is 0 Å². The highest BCUT2D eigenvalue weighted by molar-refractivity contribution is 5.85. The van der Waals surface area contributed by atoms with Crippen molar-refractivity contribution in [1.82, 2.24) is 0 Å². The summed E-state index contributed by atoms with van der Waals surface area (Å²) in [4.78, 5) is 0. The van der Waals surface area contributed by atoms with E-state index in [9.17, 15) is 5.11 Å². The number of benzene rings is 2. The Labute approximate surface area is 105 Å². The molecule has 90 valence electrons. The molecule has 1 atom stereocenters. The van der Waals surface area contributed by atoms with Crippen molar-refractivity contribution in [3.05, 3.63) is 72.2 Å². The fourth-order valence-electron chi connectivity index (χ4n) is 2.28. The van der Waals surface area contributed by atoms with E-state index in [0.29, 0.717) is 6.42 Å². The molecule has 2 heteroatoms. The molecule has 0 saturated carbocycles. The summed E-state index contributed by atoms with van der Waals surface area (Å²) in [6.45, 7) is 0. The summed E-state index contributed by atoms with van der Waals surface area (Å²) in [5.74, 6) is 0. The molecule has 0 amide bonds. The van der Waals surface area contributed by atoms with E-state index in [-0.39, 0.29) is 0 Å². The van der Waals surface area contributed by atoms with Crippen LogP contribution in [0.3, 0.4) is 0 Å². The third kappa shape index (κ3) is 2.03. The Morgan fingerprint density at radius 2 is 1.83 bits per heavy atom. The molecule has 3 aromatic rings. The number of aliphatic hydroxyl groups is 1. The maximum Gasteiger partial charge on any atom is 0.0935 e. The maximum atomic E-state index is 10.3. The van der Waals surface area contributed by atoms with Gasteiger partial charge >= 0.3 is 0 Å². The van der Waals surface area contributed by atoms with Crippen LogP contribution in [0.4, 0.5) is 0 Å². The Morgan fingerprint density at radius 1 is 1.00 bits per heavy atom. The molecule has 2 aromatic carbocycles. The summed E-state index contributed by atoms with van der Waals surface area (Å²) in [6.07, 6.45) is 3.37. The molecular weight excluding hydrogens is 224 g/mol. The van der Waals surface area contributed by atoms with Crippen LogP contribution in [0, 0.1) is 0 Å². The van der Waals surface area contributed by atoms with Gasteiger partial charge in [0.05, 0.1) is 18.6 Å². The topological polar surface area (TPSA) is 33.4 Å². The fourth-order valence-corrected chi connectivity index (χ4v) is 2.28. The lowest BCUT2D eigenvalue weighted by atomic mass is 9.97. The first-order valence-corrected chi connectivity index (χ1v) is 6.01. The summed E-state index contributed by atoms with van der Waals surface area (Å²) in [6, 6.07) is 16.0. The average molecular weight is 238 g/mol. The van der Waals surface area contributed by atoms with Crippen molar-refractivity contribution < 1.29 is 9.52 Å². The van der Waals surface area contributed by atoms with Gasteiger partial charge in [0.15, 0.2) is 0 Å². The van der Waals surface area contributed by atoms with Crippen LogP contribution in [0.5, 0.6) is 0 Å². The zero-order chi connectivity index (χ0) is 12.4. The lowest BCUT2D eigenvalue weighted by Gasteiger charge is -2.12. The highest BCUT2D eigenvalue weighted by Gasteiger charge is 2.12. The van der Waals surface area contributed by atoms with Crippen LogP contribution in [0.1, 0.15) is 17.2 Å². The third-order valence-corrected chi connectivity index (χ3v) is 3.19. The molecule has 0 saturated heterocycles. The molecule has 2 nitrogen and oxygen atoms in total.